The number of fused-ring (bicyclic) bond motifs is 3. The van der Waals surface area contributed by atoms with E-state index in [1.165, 1.54) is 30.7 Å². The molecule has 2 heterocycles. The van der Waals surface area contributed by atoms with Crippen molar-refractivity contribution in [1.82, 2.24) is 9.97 Å². The van der Waals surface area contributed by atoms with Gasteiger partial charge in [-0.1, -0.05) is 109 Å². The molecule has 0 bridgehead atoms. The lowest BCUT2D eigenvalue weighted by Crippen LogP contribution is -2.05. The lowest BCUT2D eigenvalue weighted by Gasteiger charge is -2.42. The van der Waals surface area contributed by atoms with E-state index in [2.05, 4.69) is 164 Å². The third kappa shape index (κ3) is 4.61. The van der Waals surface area contributed by atoms with E-state index in [9.17, 15) is 0 Å². The second-order valence-corrected chi connectivity index (χ2v) is 14.1. The minimum atomic E-state index is -1.74. The zero-order valence-corrected chi connectivity index (χ0v) is 25.4. The summed E-state index contributed by atoms with van der Waals surface area (Å²) >= 11 is 0. The van der Waals surface area contributed by atoms with Crippen LogP contribution in [0.4, 0.5) is 0 Å². The molecule has 0 aliphatic rings. The molecule has 8 aromatic rings. The molecule has 0 aliphatic carbocycles. The fraction of sp³-hybridized carbons (Fsp3) is 0. The second kappa shape index (κ2) is 11.5. The van der Waals surface area contributed by atoms with E-state index in [1.807, 2.05) is 18.5 Å². The first-order valence-corrected chi connectivity index (χ1v) is 16.8. The number of aromatic nitrogens is 2. The van der Waals surface area contributed by atoms with Crippen LogP contribution in [-0.4, -0.2) is 9.97 Å². The average Bonchev–Trinajstić information content (AvgIpc) is 3.13. The summed E-state index contributed by atoms with van der Waals surface area (Å²) < 4.78 is 0. The third-order valence-electron chi connectivity index (χ3n) is 8.52. The fourth-order valence-corrected chi connectivity index (χ4v) is 10.4. The van der Waals surface area contributed by atoms with E-state index in [4.69, 9.17) is 9.97 Å². The van der Waals surface area contributed by atoms with Crippen LogP contribution >= 0.6 is 10.0 Å². The summed E-state index contributed by atoms with van der Waals surface area (Å²) in [6.45, 7) is 0. The van der Waals surface area contributed by atoms with Crippen molar-refractivity contribution in [2.24, 2.45) is 0 Å². The van der Waals surface area contributed by atoms with Crippen molar-refractivity contribution in [2.45, 2.75) is 19.6 Å². The van der Waals surface area contributed by atoms with Crippen molar-refractivity contribution in [3.63, 3.8) is 0 Å². The van der Waals surface area contributed by atoms with Crippen molar-refractivity contribution in [3.8, 4) is 22.3 Å². The molecule has 2 aromatic heterocycles. The Morgan fingerprint density at radius 1 is 0.311 bits per heavy atom. The fourth-order valence-electron chi connectivity index (χ4n) is 6.48. The number of pyridine rings is 2. The van der Waals surface area contributed by atoms with Gasteiger partial charge in [-0.2, -0.15) is 0 Å². The highest BCUT2D eigenvalue weighted by molar-refractivity contribution is 8.34. The van der Waals surface area contributed by atoms with E-state index in [-0.39, 0.29) is 0 Å². The zero-order chi connectivity index (χ0) is 30.1. The Kier molecular flexibility index (Phi) is 6.94. The molecule has 6 aromatic carbocycles. The van der Waals surface area contributed by atoms with Crippen LogP contribution < -0.4 is 0 Å². The van der Waals surface area contributed by atoms with E-state index >= 15 is 0 Å². The van der Waals surface area contributed by atoms with Crippen LogP contribution in [0.3, 0.4) is 0 Å². The normalized spacial score (nSPS) is 11.9. The number of benzene rings is 6. The molecular weight excluding hydrogens is 565 g/mol. The Hall–Kier alpha value is -5.51. The van der Waals surface area contributed by atoms with Crippen LogP contribution in [0.5, 0.6) is 0 Å². The molecule has 0 N–H and O–H groups in total. The number of hydrogen-bond acceptors (Lipinski definition) is 2. The molecule has 214 valence electrons. The lowest BCUT2D eigenvalue weighted by molar-refractivity contribution is 1.24. The number of hydrogen-bond donors (Lipinski definition) is 0. The van der Waals surface area contributed by atoms with Crippen LogP contribution in [0.25, 0.3) is 44.1 Å². The van der Waals surface area contributed by atoms with Crippen LogP contribution in [0.1, 0.15) is 0 Å². The Morgan fingerprint density at radius 3 is 1.09 bits per heavy atom. The molecule has 45 heavy (non-hydrogen) atoms. The number of rotatable bonds is 6. The SMILES string of the molecule is c1ccc(-c2ccnc3c2ccc2c(-c4ccc(S(c5ccccc5)(c5ccccc5)c5ccccc5)cc4)ccnc23)cc1. The van der Waals surface area contributed by atoms with E-state index in [0.717, 1.165) is 32.9 Å². The minimum Gasteiger partial charge on any atom is -0.254 e. The molecular formula is C42H30N2S. The summed E-state index contributed by atoms with van der Waals surface area (Å²) in [7, 11) is -1.74. The monoisotopic (exact) mass is 594 g/mol. The first kappa shape index (κ1) is 27.1. The van der Waals surface area contributed by atoms with Crippen LogP contribution in [0.2, 0.25) is 0 Å². The predicted molar refractivity (Wildman–Crippen MR) is 188 cm³/mol. The molecule has 0 saturated heterocycles. The molecule has 8 rings (SSSR count). The summed E-state index contributed by atoms with van der Waals surface area (Å²) in [5.41, 5.74) is 6.50. The maximum absolute atomic E-state index is 4.85. The summed E-state index contributed by atoms with van der Waals surface area (Å²) in [4.78, 5) is 14.9. The zero-order valence-electron chi connectivity index (χ0n) is 24.6. The molecule has 0 saturated carbocycles. The molecule has 0 fully saturated rings. The first-order chi connectivity index (χ1) is 22.3. The maximum Gasteiger partial charge on any atom is 0.0970 e. The summed E-state index contributed by atoms with van der Waals surface area (Å²) in [5, 5.41) is 2.21. The van der Waals surface area contributed by atoms with Crippen molar-refractivity contribution in [2.75, 3.05) is 0 Å². The summed E-state index contributed by atoms with van der Waals surface area (Å²) in [6, 6.07) is 61.2. The highest BCUT2D eigenvalue weighted by atomic mass is 32.3. The van der Waals surface area contributed by atoms with Gasteiger partial charge in [-0.15, -0.1) is 10.0 Å². The molecule has 0 spiro atoms. The molecule has 0 aliphatic heterocycles. The van der Waals surface area contributed by atoms with E-state index < -0.39 is 10.0 Å². The lowest BCUT2D eigenvalue weighted by atomic mass is 9.96. The van der Waals surface area contributed by atoms with Gasteiger partial charge in [0.15, 0.2) is 0 Å². The smallest absolute Gasteiger partial charge is 0.0970 e. The Balaban J connectivity index is 1.30. The Bertz CT molecular complexity index is 2140. The molecule has 0 radical (unpaired) electrons. The maximum atomic E-state index is 4.85. The Labute approximate surface area is 265 Å². The second-order valence-electron chi connectivity index (χ2n) is 11.0. The van der Waals surface area contributed by atoms with Crippen molar-refractivity contribution >= 4 is 31.8 Å². The van der Waals surface area contributed by atoms with Gasteiger partial charge < -0.3 is 0 Å². The first-order valence-electron chi connectivity index (χ1n) is 15.1. The molecule has 3 heteroatoms. The van der Waals surface area contributed by atoms with Gasteiger partial charge in [-0.25, -0.2) is 0 Å². The highest BCUT2D eigenvalue weighted by Crippen LogP contribution is 2.73. The quantitative estimate of drug-likeness (QED) is 0.179. The van der Waals surface area contributed by atoms with Gasteiger partial charge in [0.25, 0.3) is 0 Å². The molecule has 0 amide bonds. The summed E-state index contributed by atoms with van der Waals surface area (Å²) in [5.74, 6) is 0. The van der Waals surface area contributed by atoms with Crippen molar-refractivity contribution < 1.29 is 0 Å². The summed E-state index contributed by atoms with van der Waals surface area (Å²) in [6.07, 6.45) is 3.81. The van der Waals surface area contributed by atoms with Crippen molar-refractivity contribution in [1.29, 1.82) is 0 Å². The van der Waals surface area contributed by atoms with Gasteiger partial charge >= 0.3 is 0 Å². The highest BCUT2D eigenvalue weighted by Gasteiger charge is 2.33. The van der Waals surface area contributed by atoms with Crippen molar-refractivity contribution in [3.05, 3.63) is 182 Å². The van der Waals surface area contributed by atoms with Gasteiger partial charge in [-0.3, -0.25) is 9.97 Å². The van der Waals surface area contributed by atoms with Gasteiger partial charge in [0, 0.05) is 42.7 Å². The van der Waals surface area contributed by atoms with Gasteiger partial charge in [-0.05, 0) is 82.9 Å². The average molecular weight is 595 g/mol. The minimum absolute atomic E-state index is 0.921. The standard InChI is InChI=1S/C42H30N2S/c1-5-13-31(14-6-1)37-27-29-43-41-39(37)25-26-40-38(28-30-44-42(40)41)32-21-23-36(24-22-32)45(33-15-7-2-8-16-33,34-17-9-3-10-18-34)35-19-11-4-12-20-35/h1-30H. The van der Waals surface area contributed by atoms with E-state index in [1.54, 1.807) is 0 Å². The van der Waals surface area contributed by atoms with Gasteiger partial charge in [0.05, 0.1) is 11.0 Å². The van der Waals surface area contributed by atoms with Gasteiger partial charge in [0.2, 0.25) is 0 Å². The van der Waals surface area contributed by atoms with Crippen LogP contribution in [-0.2, 0) is 0 Å². The predicted octanol–water partition coefficient (Wildman–Crippen LogP) is 11.5. The van der Waals surface area contributed by atoms with Gasteiger partial charge in [0.1, 0.15) is 0 Å². The molecule has 0 unspecified atom stereocenters. The molecule has 0 atom stereocenters. The van der Waals surface area contributed by atoms with Crippen LogP contribution in [0.15, 0.2) is 202 Å². The largest absolute Gasteiger partial charge is 0.254 e. The topological polar surface area (TPSA) is 25.8 Å². The third-order valence-corrected chi connectivity index (χ3v) is 12.4. The van der Waals surface area contributed by atoms with Crippen LogP contribution in [0, 0.1) is 0 Å². The molecule has 2 nitrogen and oxygen atoms in total. The Morgan fingerprint density at radius 2 is 0.667 bits per heavy atom. The van der Waals surface area contributed by atoms with E-state index in [0.29, 0.717) is 0 Å². The number of nitrogens with zero attached hydrogens (tertiary/aromatic N) is 2.